The predicted molar refractivity (Wildman–Crippen MR) is 116 cm³/mol. The molecule has 4 rings (SSSR count). The van der Waals surface area contributed by atoms with Crippen molar-refractivity contribution in [2.45, 2.75) is 0 Å². The van der Waals surface area contributed by atoms with Crippen LogP contribution in [0.15, 0.2) is 66.9 Å². The molecule has 3 aromatic rings. The highest BCUT2D eigenvalue weighted by molar-refractivity contribution is 6.03. The topological polar surface area (TPSA) is 90.3 Å². The van der Waals surface area contributed by atoms with E-state index in [-0.39, 0.29) is 11.6 Å². The number of ether oxygens (including phenoxy) is 1. The minimum Gasteiger partial charge on any atom is -0.378 e. The Morgan fingerprint density at radius 3 is 2.47 bits per heavy atom. The van der Waals surface area contributed by atoms with Crippen LogP contribution in [0.3, 0.4) is 0 Å². The maximum atomic E-state index is 12.5. The van der Waals surface area contributed by atoms with E-state index in [2.05, 4.69) is 32.7 Å². The Hall–Kier alpha value is -3.89. The first-order chi connectivity index (χ1) is 14.7. The second-order valence-corrected chi connectivity index (χ2v) is 6.79. The number of nitrogens with zero attached hydrogens (tertiary/aromatic N) is 3. The first-order valence-corrected chi connectivity index (χ1v) is 9.70. The van der Waals surface area contributed by atoms with Crippen LogP contribution in [-0.2, 0) is 4.74 Å². The number of pyridine rings is 1. The summed E-state index contributed by atoms with van der Waals surface area (Å²) in [4.78, 5) is 19.1. The number of hydrogen-bond acceptors (Lipinski definition) is 6. The zero-order valence-corrected chi connectivity index (χ0v) is 16.3. The third-order valence-corrected chi connectivity index (χ3v) is 4.83. The van der Waals surface area contributed by atoms with Crippen molar-refractivity contribution < 1.29 is 9.53 Å². The summed E-state index contributed by atoms with van der Waals surface area (Å²) in [5.41, 5.74) is 4.01. The van der Waals surface area contributed by atoms with Gasteiger partial charge in [-0.2, -0.15) is 5.26 Å². The van der Waals surface area contributed by atoms with Crippen molar-refractivity contribution in [3.63, 3.8) is 0 Å². The second kappa shape index (κ2) is 9.07. The fourth-order valence-electron chi connectivity index (χ4n) is 3.29. The number of carbonyl (C=O) groups excluding carboxylic acids is 1. The number of hydrogen-bond donors (Lipinski definition) is 2. The number of benzene rings is 2. The minimum absolute atomic E-state index is 0.273. The molecule has 0 spiro atoms. The summed E-state index contributed by atoms with van der Waals surface area (Å²) in [6.07, 6.45) is 1.63. The third kappa shape index (κ3) is 4.40. The lowest BCUT2D eigenvalue weighted by Gasteiger charge is -2.30. The molecule has 1 aliphatic heterocycles. The number of para-hydroxylation sites is 3. The lowest BCUT2D eigenvalue weighted by atomic mass is 10.2. The summed E-state index contributed by atoms with van der Waals surface area (Å²) in [5.74, 6) is -0.363. The van der Waals surface area contributed by atoms with Crippen molar-refractivity contribution in [1.82, 2.24) is 4.98 Å². The molecule has 7 heteroatoms. The van der Waals surface area contributed by atoms with Crippen LogP contribution in [0.4, 0.5) is 22.7 Å². The van der Waals surface area contributed by atoms with Gasteiger partial charge in [0.2, 0.25) is 0 Å². The first-order valence-electron chi connectivity index (χ1n) is 9.70. The number of anilines is 4. The van der Waals surface area contributed by atoms with Gasteiger partial charge in [0.15, 0.2) is 0 Å². The Bertz CT molecular complexity index is 1070. The minimum atomic E-state index is -0.363. The lowest BCUT2D eigenvalue weighted by Crippen LogP contribution is -2.36. The first kappa shape index (κ1) is 19.4. The fraction of sp³-hybridized carbons (Fsp3) is 0.174. The van der Waals surface area contributed by atoms with Gasteiger partial charge in [-0.15, -0.1) is 0 Å². The van der Waals surface area contributed by atoms with Crippen LogP contribution in [-0.4, -0.2) is 37.2 Å². The van der Waals surface area contributed by atoms with E-state index in [9.17, 15) is 4.79 Å². The van der Waals surface area contributed by atoms with Crippen LogP contribution >= 0.6 is 0 Å². The molecule has 1 aromatic heterocycles. The fourth-order valence-corrected chi connectivity index (χ4v) is 3.29. The van der Waals surface area contributed by atoms with Crippen molar-refractivity contribution in [2.75, 3.05) is 41.8 Å². The van der Waals surface area contributed by atoms with Gasteiger partial charge < -0.3 is 20.3 Å². The zero-order valence-electron chi connectivity index (χ0n) is 16.3. The Morgan fingerprint density at radius 1 is 1.00 bits per heavy atom. The molecule has 7 nitrogen and oxygen atoms in total. The van der Waals surface area contributed by atoms with Gasteiger partial charge in [0.05, 0.1) is 47.7 Å². The molecule has 2 heterocycles. The van der Waals surface area contributed by atoms with Crippen LogP contribution in [0.5, 0.6) is 0 Å². The van der Waals surface area contributed by atoms with Crippen LogP contribution in [0.25, 0.3) is 0 Å². The van der Waals surface area contributed by atoms with Gasteiger partial charge in [0.25, 0.3) is 5.91 Å². The number of rotatable bonds is 5. The van der Waals surface area contributed by atoms with Crippen molar-refractivity contribution in [1.29, 1.82) is 5.26 Å². The summed E-state index contributed by atoms with van der Waals surface area (Å²) in [6.45, 7) is 3.13. The molecule has 150 valence electrons. The number of aromatic nitrogens is 1. The molecule has 1 amide bonds. The molecule has 30 heavy (non-hydrogen) atoms. The van der Waals surface area contributed by atoms with Crippen LogP contribution in [0.2, 0.25) is 0 Å². The van der Waals surface area contributed by atoms with E-state index in [1.165, 1.54) is 0 Å². The van der Waals surface area contributed by atoms with Gasteiger partial charge in [-0.05, 0) is 36.4 Å². The normalized spacial score (nSPS) is 13.4. The standard InChI is InChI=1S/C23H21N5O2/c24-15-17-5-1-2-6-19(17)27-23(29)21-10-9-18(16-25-21)26-20-7-3-4-8-22(20)28-11-13-30-14-12-28/h1-10,16,26H,11-14H2,(H,27,29). The van der Waals surface area contributed by atoms with Crippen LogP contribution < -0.4 is 15.5 Å². The average Bonchev–Trinajstić information content (AvgIpc) is 2.81. The summed E-state index contributed by atoms with van der Waals surface area (Å²) < 4.78 is 5.44. The van der Waals surface area contributed by atoms with Gasteiger partial charge in [0, 0.05) is 13.1 Å². The highest BCUT2D eigenvalue weighted by Crippen LogP contribution is 2.29. The predicted octanol–water partition coefficient (Wildman–Crippen LogP) is 3.79. The quantitative estimate of drug-likeness (QED) is 0.678. The van der Waals surface area contributed by atoms with E-state index in [1.807, 2.05) is 24.3 Å². The molecule has 0 atom stereocenters. The van der Waals surface area contributed by atoms with E-state index in [0.29, 0.717) is 24.5 Å². The van der Waals surface area contributed by atoms with E-state index < -0.39 is 0 Å². The van der Waals surface area contributed by atoms with Gasteiger partial charge in [-0.1, -0.05) is 24.3 Å². The SMILES string of the molecule is N#Cc1ccccc1NC(=O)c1ccc(Nc2ccccc2N2CCOCC2)cn1. The van der Waals surface area contributed by atoms with Gasteiger partial charge >= 0.3 is 0 Å². The number of nitriles is 1. The largest absolute Gasteiger partial charge is 0.378 e. The molecule has 1 saturated heterocycles. The Kier molecular flexibility index (Phi) is 5.88. The Morgan fingerprint density at radius 2 is 1.73 bits per heavy atom. The molecule has 2 N–H and O–H groups in total. The molecule has 0 aliphatic carbocycles. The van der Waals surface area contributed by atoms with E-state index >= 15 is 0 Å². The third-order valence-electron chi connectivity index (χ3n) is 4.83. The van der Waals surface area contributed by atoms with E-state index in [1.54, 1.807) is 36.5 Å². The lowest BCUT2D eigenvalue weighted by molar-refractivity contribution is 0.102. The molecular formula is C23H21N5O2. The van der Waals surface area contributed by atoms with Crippen molar-refractivity contribution >= 4 is 28.7 Å². The van der Waals surface area contributed by atoms with Crippen LogP contribution in [0, 0.1) is 11.3 Å². The average molecular weight is 399 g/mol. The maximum absolute atomic E-state index is 12.5. The number of morpholine rings is 1. The molecule has 0 unspecified atom stereocenters. The van der Waals surface area contributed by atoms with E-state index in [4.69, 9.17) is 10.00 Å². The molecule has 2 aromatic carbocycles. The maximum Gasteiger partial charge on any atom is 0.274 e. The zero-order chi connectivity index (χ0) is 20.8. The second-order valence-electron chi connectivity index (χ2n) is 6.79. The monoisotopic (exact) mass is 399 g/mol. The molecule has 0 saturated carbocycles. The smallest absolute Gasteiger partial charge is 0.274 e. The number of carbonyl (C=O) groups is 1. The molecular weight excluding hydrogens is 378 g/mol. The number of amides is 1. The Balaban J connectivity index is 1.47. The summed E-state index contributed by atoms with van der Waals surface area (Å²) >= 11 is 0. The van der Waals surface area contributed by atoms with Gasteiger partial charge in [0.1, 0.15) is 11.8 Å². The molecule has 1 fully saturated rings. The van der Waals surface area contributed by atoms with Gasteiger partial charge in [-0.3, -0.25) is 4.79 Å². The van der Waals surface area contributed by atoms with Crippen molar-refractivity contribution in [2.24, 2.45) is 0 Å². The molecule has 1 aliphatic rings. The highest BCUT2D eigenvalue weighted by atomic mass is 16.5. The Labute approximate surface area is 174 Å². The van der Waals surface area contributed by atoms with Gasteiger partial charge in [-0.25, -0.2) is 4.98 Å². The van der Waals surface area contributed by atoms with E-state index in [0.717, 1.165) is 30.2 Å². The molecule has 0 bridgehead atoms. The summed E-state index contributed by atoms with van der Waals surface area (Å²) in [7, 11) is 0. The van der Waals surface area contributed by atoms with Crippen molar-refractivity contribution in [3.8, 4) is 6.07 Å². The van der Waals surface area contributed by atoms with Crippen molar-refractivity contribution in [3.05, 3.63) is 78.1 Å². The summed E-state index contributed by atoms with van der Waals surface area (Å²) in [5, 5.41) is 15.3. The number of nitrogens with one attached hydrogen (secondary N) is 2. The highest BCUT2D eigenvalue weighted by Gasteiger charge is 2.15. The summed E-state index contributed by atoms with van der Waals surface area (Å²) in [6, 6.07) is 20.5. The van der Waals surface area contributed by atoms with Crippen LogP contribution in [0.1, 0.15) is 16.1 Å². The molecule has 0 radical (unpaired) electrons.